The van der Waals surface area contributed by atoms with E-state index in [9.17, 15) is 22.0 Å². The van der Waals surface area contributed by atoms with Crippen molar-refractivity contribution in [2.24, 2.45) is 0 Å². The van der Waals surface area contributed by atoms with Gasteiger partial charge >= 0.3 is 6.36 Å². The molecule has 0 saturated carbocycles. The molecule has 96 valence electrons. The zero-order valence-corrected chi connectivity index (χ0v) is 9.83. The van der Waals surface area contributed by atoms with Crippen LogP contribution in [0, 0.1) is 11.6 Å². The Bertz CT molecular complexity index is 396. The fourth-order valence-electron chi connectivity index (χ4n) is 1.01. The van der Waals surface area contributed by atoms with Crippen molar-refractivity contribution in [2.45, 2.75) is 6.36 Å². The molecule has 1 aromatic carbocycles. The third-order valence-corrected chi connectivity index (χ3v) is 2.30. The summed E-state index contributed by atoms with van der Waals surface area (Å²) in [5.41, 5.74) is -0.225. The number of hydrogen-bond acceptors (Lipinski definition) is 2. The Labute approximate surface area is 102 Å². The average Bonchev–Trinajstić information content (AvgIpc) is 2.18. The molecule has 0 aliphatic heterocycles. The van der Waals surface area contributed by atoms with Gasteiger partial charge in [-0.2, -0.15) is 0 Å². The van der Waals surface area contributed by atoms with E-state index in [1.54, 1.807) is 0 Å². The molecule has 0 aliphatic rings. The number of ether oxygens (including phenoxy) is 1. The van der Waals surface area contributed by atoms with Crippen LogP contribution in [-0.2, 0) is 4.74 Å². The summed E-state index contributed by atoms with van der Waals surface area (Å²) < 4.78 is 64.3. The fraction of sp³-hybridized carbons (Fsp3) is 0.333. The van der Waals surface area contributed by atoms with Crippen LogP contribution in [-0.4, -0.2) is 19.5 Å². The van der Waals surface area contributed by atoms with Crippen molar-refractivity contribution in [3.63, 3.8) is 0 Å². The van der Waals surface area contributed by atoms with Crippen molar-refractivity contribution in [3.05, 3.63) is 28.2 Å². The van der Waals surface area contributed by atoms with E-state index < -0.39 is 24.6 Å². The van der Waals surface area contributed by atoms with Gasteiger partial charge in [-0.25, -0.2) is 8.78 Å². The summed E-state index contributed by atoms with van der Waals surface area (Å²) >= 11 is 2.77. The van der Waals surface area contributed by atoms with Crippen LogP contribution in [0.1, 0.15) is 0 Å². The van der Waals surface area contributed by atoms with Crippen LogP contribution in [0.3, 0.4) is 0 Å². The Hall–Kier alpha value is -0.890. The molecule has 0 aromatic heterocycles. The molecule has 2 nitrogen and oxygen atoms in total. The van der Waals surface area contributed by atoms with Crippen LogP contribution in [0.25, 0.3) is 0 Å². The first-order valence-corrected chi connectivity index (χ1v) is 5.18. The zero-order valence-electron chi connectivity index (χ0n) is 8.24. The maximum absolute atomic E-state index is 13.2. The Morgan fingerprint density at radius 3 is 2.41 bits per heavy atom. The predicted octanol–water partition coefficient (Wildman–Crippen LogP) is 3.68. The van der Waals surface area contributed by atoms with Crippen molar-refractivity contribution in [1.82, 2.24) is 0 Å². The standard InChI is InChI=1S/C9H7BrF5NO/c10-5-3-7(12)8(4-6(5)11)16-1-2-17-9(13,14)15/h3-4,16H,1-2H2. The van der Waals surface area contributed by atoms with Gasteiger partial charge in [-0.1, -0.05) is 0 Å². The maximum Gasteiger partial charge on any atom is 0.522 e. The Kier molecular flexibility index (Phi) is 4.70. The molecule has 0 saturated heterocycles. The SMILES string of the molecule is Fc1cc(NCCOC(F)(F)F)c(F)cc1Br. The quantitative estimate of drug-likeness (QED) is 0.519. The molecule has 0 bridgehead atoms. The first kappa shape index (κ1) is 14.2. The second-order valence-corrected chi connectivity index (χ2v) is 3.82. The van der Waals surface area contributed by atoms with Crippen molar-refractivity contribution >= 4 is 21.6 Å². The molecule has 1 N–H and O–H groups in total. The van der Waals surface area contributed by atoms with Gasteiger partial charge < -0.3 is 5.32 Å². The Balaban J connectivity index is 2.50. The molecular weight excluding hydrogens is 313 g/mol. The lowest BCUT2D eigenvalue weighted by molar-refractivity contribution is -0.322. The largest absolute Gasteiger partial charge is 0.522 e. The maximum atomic E-state index is 13.2. The van der Waals surface area contributed by atoms with Gasteiger partial charge in [-0.05, 0) is 22.0 Å². The van der Waals surface area contributed by atoms with Crippen LogP contribution < -0.4 is 5.32 Å². The highest BCUT2D eigenvalue weighted by Gasteiger charge is 2.28. The first-order chi connectivity index (χ1) is 7.79. The molecule has 0 fully saturated rings. The van der Waals surface area contributed by atoms with Crippen LogP contribution in [0.2, 0.25) is 0 Å². The fourth-order valence-corrected chi connectivity index (χ4v) is 1.33. The number of anilines is 1. The first-order valence-electron chi connectivity index (χ1n) is 4.38. The molecule has 0 unspecified atom stereocenters. The molecule has 0 radical (unpaired) electrons. The topological polar surface area (TPSA) is 21.3 Å². The van der Waals surface area contributed by atoms with Crippen molar-refractivity contribution in [1.29, 1.82) is 0 Å². The van der Waals surface area contributed by atoms with Gasteiger partial charge in [0.05, 0.1) is 16.8 Å². The summed E-state index contributed by atoms with van der Waals surface area (Å²) in [5, 5.41) is 2.29. The van der Waals surface area contributed by atoms with Crippen molar-refractivity contribution in [3.8, 4) is 0 Å². The molecule has 0 atom stereocenters. The van der Waals surface area contributed by atoms with Crippen molar-refractivity contribution < 1.29 is 26.7 Å². The monoisotopic (exact) mass is 319 g/mol. The molecule has 0 spiro atoms. The molecule has 17 heavy (non-hydrogen) atoms. The number of hydrogen-bond donors (Lipinski definition) is 1. The highest BCUT2D eigenvalue weighted by Crippen LogP contribution is 2.23. The number of nitrogens with one attached hydrogen (secondary N) is 1. The van der Waals surface area contributed by atoms with Gasteiger partial charge in [0, 0.05) is 12.6 Å². The summed E-state index contributed by atoms with van der Waals surface area (Å²) in [6.45, 7) is -0.988. The minimum Gasteiger partial charge on any atom is -0.380 e. The second kappa shape index (κ2) is 5.63. The van der Waals surface area contributed by atoms with E-state index in [0.717, 1.165) is 12.1 Å². The molecule has 0 heterocycles. The number of alkyl halides is 3. The highest BCUT2D eigenvalue weighted by molar-refractivity contribution is 9.10. The third-order valence-electron chi connectivity index (χ3n) is 1.69. The summed E-state index contributed by atoms with van der Waals surface area (Å²) in [5.74, 6) is -1.49. The lowest BCUT2D eigenvalue weighted by Crippen LogP contribution is -2.19. The minimum atomic E-state index is -4.73. The predicted molar refractivity (Wildman–Crippen MR) is 54.6 cm³/mol. The van der Waals surface area contributed by atoms with Gasteiger partial charge in [-0.15, -0.1) is 13.2 Å². The number of halogens is 6. The average molecular weight is 320 g/mol. The van der Waals surface area contributed by atoms with Crippen LogP contribution in [0.15, 0.2) is 16.6 Å². The normalized spacial score (nSPS) is 11.6. The van der Waals surface area contributed by atoms with Crippen LogP contribution in [0.4, 0.5) is 27.6 Å². The molecule has 0 amide bonds. The highest BCUT2D eigenvalue weighted by atomic mass is 79.9. The molecule has 0 aliphatic carbocycles. The van der Waals surface area contributed by atoms with Crippen LogP contribution >= 0.6 is 15.9 Å². The molecular formula is C9H7BrF5NO. The zero-order chi connectivity index (χ0) is 13.1. The minimum absolute atomic E-state index is 0.0629. The van der Waals surface area contributed by atoms with E-state index in [1.807, 2.05) is 0 Å². The van der Waals surface area contributed by atoms with E-state index in [0.29, 0.717) is 0 Å². The van der Waals surface area contributed by atoms with E-state index in [2.05, 4.69) is 26.0 Å². The summed E-state index contributed by atoms with van der Waals surface area (Å²) in [6, 6.07) is 1.72. The van der Waals surface area contributed by atoms with Crippen LogP contribution in [0.5, 0.6) is 0 Å². The van der Waals surface area contributed by atoms with Gasteiger partial charge in [0.25, 0.3) is 0 Å². The van der Waals surface area contributed by atoms with E-state index in [4.69, 9.17) is 0 Å². The number of rotatable bonds is 4. The second-order valence-electron chi connectivity index (χ2n) is 2.97. The smallest absolute Gasteiger partial charge is 0.380 e. The van der Waals surface area contributed by atoms with E-state index in [-0.39, 0.29) is 16.7 Å². The molecule has 1 aromatic rings. The molecule has 8 heteroatoms. The summed E-state index contributed by atoms with van der Waals surface area (Å²) in [6.07, 6.45) is -4.73. The Morgan fingerprint density at radius 1 is 1.18 bits per heavy atom. The van der Waals surface area contributed by atoms with Gasteiger partial charge in [-0.3, -0.25) is 4.74 Å². The third kappa shape index (κ3) is 4.86. The van der Waals surface area contributed by atoms with E-state index in [1.165, 1.54) is 0 Å². The number of benzene rings is 1. The Morgan fingerprint density at radius 2 is 1.82 bits per heavy atom. The summed E-state index contributed by atoms with van der Waals surface area (Å²) in [4.78, 5) is 0. The van der Waals surface area contributed by atoms with Gasteiger partial charge in [0.1, 0.15) is 11.6 Å². The lowest BCUT2D eigenvalue weighted by Gasteiger charge is -2.10. The van der Waals surface area contributed by atoms with Crippen molar-refractivity contribution in [2.75, 3.05) is 18.5 Å². The van der Waals surface area contributed by atoms with E-state index >= 15 is 0 Å². The van der Waals surface area contributed by atoms with Gasteiger partial charge in [0.2, 0.25) is 0 Å². The van der Waals surface area contributed by atoms with Gasteiger partial charge in [0.15, 0.2) is 0 Å². The molecule has 1 rings (SSSR count). The lowest BCUT2D eigenvalue weighted by atomic mass is 10.3. The summed E-state index contributed by atoms with van der Waals surface area (Å²) in [7, 11) is 0.